The molecule has 0 aliphatic rings. The van der Waals surface area contributed by atoms with Gasteiger partial charge >= 0.3 is 0 Å². The summed E-state index contributed by atoms with van der Waals surface area (Å²) in [6.07, 6.45) is 0. The van der Waals surface area contributed by atoms with Gasteiger partial charge in [-0.1, -0.05) is 17.9 Å². The van der Waals surface area contributed by atoms with E-state index in [4.69, 9.17) is 5.73 Å². The van der Waals surface area contributed by atoms with Crippen LogP contribution in [0.4, 0.5) is 14.5 Å². The molecule has 1 aromatic carbocycles. The lowest BCUT2D eigenvalue weighted by molar-refractivity contribution is 0.103. The van der Waals surface area contributed by atoms with Crippen LogP contribution in [0.1, 0.15) is 14.5 Å². The van der Waals surface area contributed by atoms with Gasteiger partial charge in [0.1, 0.15) is 0 Å². The molecule has 0 aliphatic carbocycles. The third-order valence-corrected chi connectivity index (χ3v) is 3.34. The van der Waals surface area contributed by atoms with E-state index in [1.54, 1.807) is 12.1 Å². The number of carbonyl (C=O) groups is 1. The standard InChI is InChI=1S/C14H10F2N2OS/c15-10-4-1-5-11(13(10)16)18-14(19)12-7-6-9(20-12)3-2-8-17/h1,4-7H,8,17H2,(H,18,19). The SMILES string of the molecule is NCC#Cc1ccc(C(=O)Nc2cccc(F)c2F)s1. The number of carbonyl (C=O) groups excluding carboxylic acids is 1. The molecule has 6 heteroatoms. The van der Waals surface area contributed by atoms with Crippen molar-refractivity contribution < 1.29 is 13.6 Å². The summed E-state index contributed by atoms with van der Waals surface area (Å²) in [5.41, 5.74) is 5.05. The van der Waals surface area contributed by atoms with Gasteiger partial charge in [0.15, 0.2) is 11.6 Å². The van der Waals surface area contributed by atoms with E-state index >= 15 is 0 Å². The summed E-state index contributed by atoms with van der Waals surface area (Å²) >= 11 is 1.15. The Kier molecular flexibility index (Phi) is 4.45. The summed E-state index contributed by atoms with van der Waals surface area (Å²) in [7, 11) is 0. The van der Waals surface area contributed by atoms with Crippen LogP contribution in [0.5, 0.6) is 0 Å². The molecule has 0 atom stereocenters. The molecule has 1 aromatic heterocycles. The molecule has 3 N–H and O–H groups in total. The number of nitrogens with one attached hydrogen (secondary N) is 1. The first kappa shape index (κ1) is 14.2. The number of anilines is 1. The molecular formula is C14H10F2N2OS. The van der Waals surface area contributed by atoms with Gasteiger partial charge in [-0.05, 0) is 24.3 Å². The lowest BCUT2D eigenvalue weighted by Crippen LogP contribution is -2.11. The van der Waals surface area contributed by atoms with E-state index in [0.29, 0.717) is 9.75 Å². The summed E-state index contributed by atoms with van der Waals surface area (Å²) in [6, 6.07) is 6.83. The lowest BCUT2D eigenvalue weighted by atomic mass is 10.3. The summed E-state index contributed by atoms with van der Waals surface area (Å²) in [6.45, 7) is 0.230. The van der Waals surface area contributed by atoms with Crippen LogP contribution in [0.3, 0.4) is 0 Å². The van der Waals surface area contributed by atoms with E-state index in [1.165, 1.54) is 12.1 Å². The lowest BCUT2D eigenvalue weighted by Gasteiger charge is -2.04. The van der Waals surface area contributed by atoms with Gasteiger partial charge < -0.3 is 11.1 Å². The summed E-state index contributed by atoms with van der Waals surface area (Å²) in [5, 5.41) is 2.32. The average molecular weight is 292 g/mol. The van der Waals surface area contributed by atoms with Crippen LogP contribution in [-0.4, -0.2) is 12.5 Å². The zero-order valence-corrected chi connectivity index (χ0v) is 11.1. The predicted molar refractivity (Wildman–Crippen MR) is 74.6 cm³/mol. The third kappa shape index (κ3) is 3.20. The van der Waals surface area contributed by atoms with Gasteiger partial charge in [0.2, 0.25) is 0 Å². The molecule has 1 heterocycles. The van der Waals surface area contributed by atoms with Gasteiger partial charge in [0.05, 0.1) is 22.0 Å². The minimum Gasteiger partial charge on any atom is -0.320 e. The molecule has 0 bridgehead atoms. The fourth-order valence-electron chi connectivity index (χ4n) is 1.45. The van der Waals surface area contributed by atoms with Crippen molar-refractivity contribution in [2.45, 2.75) is 0 Å². The number of thiophene rings is 1. The van der Waals surface area contributed by atoms with Crippen LogP contribution in [0.15, 0.2) is 30.3 Å². The highest BCUT2D eigenvalue weighted by Crippen LogP contribution is 2.20. The number of halogens is 2. The highest BCUT2D eigenvalue weighted by atomic mass is 32.1. The molecule has 102 valence electrons. The molecule has 3 nitrogen and oxygen atoms in total. The van der Waals surface area contributed by atoms with Crippen LogP contribution >= 0.6 is 11.3 Å². The molecule has 0 saturated carbocycles. The number of rotatable bonds is 2. The number of benzene rings is 1. The summed E-state index contributed by atoms with van der Waals surface area (Å²) in [5.74, 6) is 2.86. The monoisotopic (exact) mass is 292 g/mol. The van der Waals surface area contributed by atoms with Gasteiger partial charge in [0.25, 0.3) is 5.91 Å². The first-order valence-corrected chi connectivity index (χ1v) is 6.47. The van der Waals surface area contributed by atoms with Crippen LogP contribution in [-0.2, 0) is 0 Å². The Labute approximate surface area is 118 Å². The molecule has 0 saturated heterocycles. The Morgan fingerprint density at radius 2 is 2.10 bits per heavy atom. The van der Waals surface area contributed by atoms with Crippen molar-refractivity contribution in [3.63, 3.8) is 0 Å². The van der Waals surface area contributed by atoms with Gasteiger partial charge in [-0.25, -0.2) is 8.78 Å². The normalized spacial score (nSPS) is 9.75. The van der Waals surface area contributed by atoms with E-state index in [2.05, 4.69) is 17.2 Å². The zero-order chi connectivity index (χ0) is 14.5. The molecule has 0 radical (unpaired) electrons. The van der Waals surface area contributed by atoms with Gasteiger partial charge in [-0.2, -0.15) is 0 Å². The van der Waals surface area contributed by atoms with Gasteiger partial charge in [-0.3, -0.25) is 4.79 Å². The second-order valence-corrected chi connectivity index (χ2v) is 4.81. The van der Waals surface area contributed by atoms with Crippen molar-refractivity contribution in [2.24, 2.45) is 5.73 Å². The second kappa shape index (κ2) is 6.28. The fourth-order valence-corrected chi connectivity index (χ4v) is 2.23. The smallest absolute Gasteiger partial charge is 0.265 e. The van der Waals surface area contributed by atoms with Crippen molar-refractivity contribution in [3.05, 3.63) is 51.7 Å². The maximum Gasteiger partial charge on any atom is 0.265 e. The molecular weight excluding hydrogens is 282 g/mol. The Morgan fingerprint density at radius 1 is 1.30 bits per heavy atom. The Hall–Kier alpha value is -2.23. The Balaban J connectivity index is 2.16. The largest absolute Gasteiger partial charge is 0.320 e. The van der Waals surface area contributed by atoms with Gasteiger partial charge in [0, 0.05) is 0 Å². The van der Waals surface area contributed by atoms with Crippen LogP contribution in [0.25, 0.3) is 0 Å². The third-order valence-electron chi connectivity index (χ3n) is 2.34. The Morgan fingerprint density at radius 3 is 2.85 bits per heavy atom. The number of hydrogen-bond acceptors (Lipinski definition) is 3. The van der Waals surface area contributed by atoms with E-state index in [-0.39, 0.29) is 12.2 Å². The summed E-state index contributed by atoms with van der Waals surface area (Å²) < 4.78 is 26.4. The topological polar surface area (TPSA) is 55.1 Å². The first-order chi connectivity index (χ1) is 9.61. The molecule has 20 heavy (non-hydrogen) atoms. The highest BCUT2D eigenvalue weighted by Gasteiger charge is 2.13. The van der Waals surface area contributed by atoms with Crippen molar-refractivity contribution in [2.75, 3.05) is 11.9 Å². The van der Waals surface area contributed by atoms with E-state index in [9.17, 15) is 13.6 Å². The fraction of sp³-hybridized carbons (Fsp3) is 0.0714. The number of hydrogen-bond donors (Lipinski definition) is 2. The molecule has 0 fully saturated rings. The highest BCUT2D eigenvalue weighted by molar-refractivity contribution is 7.14. The van der Waals surface area contributed by atoms with Crippen molar-refractivity contribution in [3.8, 4) is 11.8 Å². The molecule has 1 amide bonds. The van der Waals surface area contributed by atoms with Crippen LogP contribution < -0.4 is 11.1 Å². The minimum atomic E-state index is -1.08. The molecule has 0 unspecified atom stereocenters. The number of amides is 1. The van der Waals surface area contributed by atoms with Crippen LogP contribution in [0.2, 0.25) is 0 Å². The van der Waals surface area contributed by atoms with Crippen molar-refractivity contribution in [1.82, 2.24) is 0 Å². The minimum absolute atomic E-state index is 0.196. The van der Waals surface area contributed by atoms with E-state index in [0.717, 1.165) is 17.4 Å². The Bertz CT molecular complexity index is 701. The quantitative estimate of drug-likeness (QED) is 0.836. The molecule has 0 aliphatic heterocycles. The van der Waals surface area contributed by atoms with Crippen molar-refractivity contribution in [1.29, 1.82) is 0 Å². The number of nitrogens with two attached hydrogens (primary N) is 1. The summed E-state index contributed by atoms with van der Waals surface area (Å²) in [4.78, 5) is 12.9. The van der Waals surface area contributed by atoms with Crippen molar-refractivity contribution >= 4 is 22.9 Å². The molecule has 2 aromatic rings. The predicted octanol–water partition coefficient (Wildman–Crippen LogP) is 2.59. The molecule has 0 spiro atoms. The average Bonchev–Trinajstić information content (AvgIpc) is 2.90. The van der Waals surface area contributed by atoms with Crippen LogP contribution in [0, 0.1) is 23.5 Å². The zero-order valence-electron chi connectivity index (χ0n) is 10.2. The van der Waals surface area contributed by atoms with E-state index < -0.39 is 17.5 Å². The molecule has 2 rings (SSSR count). The second-order valence-electron chi connectivity index (χ2n) is 3.73. The maximum absolute atomic E-state index is 13.4. The van der Waals surface area contributed by atoms with E-state index in [1.807, 2.05) is 0 Å². The van der Waals surface area contributed by atoms with Gasteiger partial charge in [-0.15, -0.1) is 11.3 Å². The maximum atomic E-state index is 13.4. The first-order valence-electron chi connectivity index (χ1n) is 5.66.